The molecule has 2 rings (SSSR count). The summed E-state index contributed by atoms with van der Waals surface area (Å²) >= 11 is 5.88. The number of anilines is 2. The van der Waals surface area contributed by atoms with Crippen LogP contribution in [0.15, 0.2) is 12.3 Å². The first-order chi connectivity index (χ1) is 8.19. The van der Waals surface area contributed by atoms with E-state index < -0.39 is 0 Å². The SMILES string of the molecule is CC1(C)CN(c2ncc(Cl)cc2N)CC(C)(C)O1. The highest BCUT2D eigenvalue weighted by molar-refractivity contribution is 6.30. The molecule has 0 unspecified atom stereocenters. The third-order valence-corrected chi connectivity index (χ3v) is 3.06. The fourth-order valence-corrected chi connectivity index (χ4v) is 2.82. The maximum atomic E-state index is 6.04. The summed E-state index contributed by atoms with van der Waals surface area (Å²) < 4.78 is 6.04. The summed E-state index contributed by atoms with van der Waals surface area (Å²) in [4.78, 5) is 6.51. The molecule has 0 radical (unpaired) electrons. The van der Waals surface area contributed by atoms with Crippen LogP contribution >= 0.6 is 11.6 Å². The second-order valence-electron chi connectivity index (χ2n) is 6.04. The van der Waals surface area contributed by atoms with Crippen molar-refractivity contribution in [3.63, 3.8) is 0 Å². The molecular weight excluding hydrogens is 250 g/mol. The van der Waals surface area contributed by atoms with Crippen LogP contribution in [0.3, 0.4) is 0 Å². The molecule has 0 saturated carbocycles. The summed E-state index contributed by atoms with van der Waals surface area (Å²) in [5.41, 5.74) is 6.15. The van der Waals surface area contributed by atoms with Crippen LogP contribution in [0, 0.1) is 0 Å². The predicted molar refractivity (Wildman–Crippen MR) is 75.1 cm³/mol. The van der Waals surface area contributed by atoms with Crippen molar-refractivity contribution in [3.8, 4) is 0 Å². The van der Waals surface area contributed by atoms with Gasteiger partial charge in [-0.25, -0.2) is 4.98 Å². The number of hydrogen-bond acceptors (Lipinski definition) is 4. The Balaban J connectivity index is 2.32. The quantitative estimate of drug-likeness (QED) is 0.852. The fraction of sp³-hybridized carbons (Fsp3) is 0.615. The number of morpholine rings is 1. The standard InChI is InChI=1S/C13H20ClN3O/c1-12(2)7-17(8-13(3,4)18-12)11-10(15)5-9(14)6-16-11/h5-6H,7-8,15H2,1-4H3. The largest absolute Gasteiger partial charge is 0.396 e. The van der Waals surface area contributed by atoms with Crippen LogP contribution in [-0.4, -0.2) is 29.3 Å². The van der Waals surface area contributed by atoms with Gasteiger partial charge in [-0.1, -0.05) is 11.6 Å². The van der Waals surface area contributed by atoms with E-state index >= 15 is 0 Å². The molecule has 2 N–H and O–H groups in total. The first kappa shape index (κ1) is 13.4. The molecule has 5 heteroatoms. The second-order valence-corrected chi connectivity index (χ2v) is 6.48. The molecule has 18 heavy (non-hydrogen) atoms. The number of halogens is 1. The van der Waals surface area contributed by atoms with Crippen LogP contribution in [0.5, 0.6) is 0 Å². The zero-order valence-corrected chi connectivity index (χ0v) is 12.1. The number of pyridine rings is 1. The van der Waals surface area contributed by atoms with Gasteiger partial charge in [-0.3, -0.25) is 0 Å². The van der Waals surface area contributed by atoms with Gasteiger partial charge < -0.3 is 15.4 Å². The minimum absolute atomic E-state index is 0.227. The number of nitrogens with zero attached hydrogens (tertiary/aromatic N) is 2. The van der Waals surface area contributed by atoms with Gasteiger partial charge in [0, 0.05) is 19.3 Å². The third-order valence-electron chi connectivity index (χ3n) is 2.86. The van der Waals surface area contributed by atoms with Crippen LogP contribution in [0.2, 0.25) is 5.02 Å². The van der Waals surface area contributed by atoms with E-state index in [0.717, 1.165) is 18.9 Å². The van der Waals surface area contributed by atoms with Crippen LogP contribution in [-0.2, 0) is 4.74 Å². The van der Waals surface area contributed by atoms with Crippen LogP contribution in [0.25, 0.3) is 0 Å². The minimum atomic E-state index is -0.227. The highest BCUT2D eigenvalue weighted by Gasteiger charge is 2.39. The molecule has 1 aromatic rings. The van der Waals surface area contributed by atoms with Crippen molar-refractivity contribution >= 4 is 23.1 Å². The molecule has 0 spiro atoms. The molecule has 2 heterocycles. The topological polar surface area (TPSA) is 51.4 Å². The van der Waals surface area contributed by atoms with E-state index in [2.05, 4.69) is 37.6 Å². The highest BCUT2D eigenvalue weighted by atomic mass is 35.5. The van der Waals surface area contributed by atoms with Gasteiger partial charge in [0.1, 0.15) is 0 Å². The predicted octanol–water partition coefficient (Wildman–Crippen LogP) is 2.71. The number of nitrogens with two attached hydrogens (primary N) is 1. The number of aromatic nitrogens is 1. The van der Waals surface area contributed by atoms with Crippen LogP contribution in [0.4, 0.5) is 11.5 Å². The van der Waals surface area contributed by atoms with E-state index in [9.17, 15) is 0 Å². The minimum Gasteiger partial charge on any atom is -0.396 e. The molecule has 0 atom stereocenters. The maximum Gasteiger partial charge on any atom is 0.152 e. The van der Waals surface area contributed by atoms with Gasteiger partial charge in [-0.15, -0.1) is 0 Å². The number of hydrogen-bond donors (Lipinski definition) is 1. The van der Waals surface area contributed by atoms with Crippen molar-refractivity contribution in [1.82, 2.24) is 4.98 Å². The van der Waals surface area contributed by atoms with E-state index in [1.54, 1.807) is 12.3 Å². The number of rotatable bonds is 1. The molecule has 0 aliphatic carbocycles. The molecule has 0 bridgehead atoms. The summed E-state index contributed by atoms with van der Waals surface area (Å²) in [7, 11) is 0. The lowest BCUT2D eigenvalue weighted by atomic mass is 9.99. The maximum absolute atomic E-state index is 6.04. The average Bonchev–Trinajstić information content (AvgIpc) is 2.11. The molecule has 0 amide bonds. The number of nitrogen functional groups attached to an aromatic ring is 1. The van der Waals surface area contributed by atoms with Gasteiger partial charge in [0.2, 0.25) is 0 Å². The molecule has 1 aliphatic heterocycles. The van der Waals surface area contributed by atoms with E-state index in [1.807, 2.05) is 0 Å². The van der Waals surface area contributed by atoms with E-state index in [4.69, 9.17) is 22.1 Å². The third kappa shape index (κ3) is 2.87. The van der Waals surface area contributed by atoms with Gasteiger partial charge in [0.25, 0.3) is 0 Å². The zero-order valence-electron chi connectivity index (χ0n) is 11.3. The van der Waals surface area contributed by atoms with Gasteiger partial charge in [-0.2, -0.15) is 0 Å². The Morgan fingerprint density at radius 2 is 1.83 bits per heavy atom. The van der Waals surface area contributed by atoms with Gasteiger partial charge in [0.05, 0.1) is 21.9 Å². The second kappa shape index (κ2) is 4.28. The van der Waals surface area contributed by atoms with Crippen molar-refractivity contribution in [2.75, 3.05) is 23.7 Å². The molecule has 4 nitrogen and oxygen atoms in total. The Morgan fingerprint density at radius 3 is 2.33 bits per heavy atom. The number of ether oxygens (including phenoxy) is 1. The lowest BCUT2D eigenvalue weighted by molar-refractivity contribution is -0.133. The first-order valence-electron chi connectivity index (χ1n) is 6.05. The van der Waals surface area contributed by atoms with Gasteiger partial charge in [0.15, 0.2) is 5.82 Å². The first-order valence-corrected chi connectivity index (χ1v) is 6.42. The fourth-order valence-electron chi connectivity index (χ4n) is 2.65. The summed E-state index contributed by atoms with van der Waals surface area (Å²) in [6.45, 7) is 9.82. The Morgan fingerprint density at radius 1 is 1.28 bits per heavy atom. The Hall–Kier alpha value is -1.00. The van der Waals surface area contributed by atoms with E-state index in [-0.39, 0.29) is 11.2 Å². The lowest BCUT2D eigenvalue weighted by Crippen LogP contribution is -2.57. The van der Waals surface area contributed by atoms with E-state index in [1.165, 1.54) is 0 Å². The molecule has 1 fully saturated rings. The summed E-state index contributed by atoms with van der Waals surface area (Å²) in [5.74, 6) is 0.781. The Bertz CT molecular complexity index is 444. The smallest absolute Gasteiger partial charge is 0.152 e. The molecule has 100 valence electrons. The molecule has 1 saturated heterocycles. The average molecular weight is 270 g/mol. The summed E-state index contributed by atoms with van der Waals surface area (Å²) in [5, 5.41) is 0.558. The summed E-state index contributed by atoms with van der Waals surface area (Å²) in [6.07, 6.45) is 1.63. The molecule has 1 aliphatic rings. The Kier molecular flexibility index (Phi) is 3.19. The molecule has 0 aromatic carbocycles. The molecular formula is C13H20ClN3O. The van der Waals surface area contributed by atoms with Crippen molar-refractivity contribution < 1.29 is 4.74 Å². The zero-order chi connectivity index (χ0) is 13.6. The van der Waals surface area contributed by atoms with Gasteiger partial charge >= 0.3 is 0 Å². The normalized spacial score (nSPS) is 21.9. The van der Waals surface area contributed by atoms with Crippen molar-refractivity contribution in [1.29, 1.82) is 0 Å². The highest BCUT2D eigenvalue weighted by Crippen LogP contribution is 2.33. The van der Waals surface area contributed by atoms with Crippen molar-refractivity contribution in [3.05, 3.63) is 17.3 Å². The molecule has 1 aromatic heterocycles. The van der Waals surface area contributed by atoms with Crippen LogP contribution < -0.4 is 10.6 Å². The van der Waals surface area contributed by atoms with E-state index in [0.29, 0.717) is 10.7 Å². The van der Waals surface area contributed by atoms with Crippen molar-refractivity contribution in [2.45, 2.75) is 38.9 Å². The summed E-state index contributed by atoms with van der Waals surface area (Å²) in [6, 6.07) is 1.74. The monoisotopic (exact) mass is 269 g/mol. The lowest BCUT2D eigenvalue weighted by Gasteiger charge is -2.47. The van der Waals surface area contributed by atoms with Gasteiger partial charge in [-0.05, 0) is 33.8 Å². The Labute approximate surface area is 113 Å². The van der Waals surface area contributed by atoms with Crippen molar-refractivity contribution in [2.24, 2.45) is 0 Å². The van der Waals surface area contributed by atoms with Crippen LogP contribution in [0.1, 0.15) is 27.7 Å².